The van der Waals surface area contributed by atoms with Crippen LogP contribution in [0.25, 0.3) is 0 Å². The zero-order valence-corrected chi connectivity index (χ0v) is 18.4. The number of carbonyl (C=O) groups excluding carboxylic acids is 1. The number of aliphatic carboxylic acids is 1. The Morgan fingerprint density at radius 3 is 2.27 bits per heavy atom. The first-order chi connectivity index (χ1) is 15.5. The molecule has 2 aromatic rings. The van der Waals surface area contributed by atoms with Crippen molar-refractivity contribution in [2.45, 2.75) is 45.6 Å². The molecule has 1 unspecified atom stereocenters. The summed E-state index contributed by atoms with van der Waals surface area (Å²) in [7, 11) is 0. The minimum Gasteiger partial charge on any atom is -0.492 e. The molecule has 0 heterocycles. The normalized spacial score (nSPS) is 12.3. The Labute approximate surface area is 189 Å². The van der Waals surface area contributed by atoms with Crippen molar-refractivity contribution >= 4 is 17.6 Å². The maximum absolute atomic E-state index is 12.6. The van der Waals surface area contributed by atoms with E-state index in [4.69, 9.17) is 14.2 Å². The van der Waals surface area contributed by atoms with Crippen LogP contribution in [0.1, 0.15) is 31.9 Å². The molecule has 0 aliphatic carbocycles. The van der Waals surface area contributed by atoms with Crippen molar-refractivity contribution in [2.75, 3.05) is 18.5 Å². The number of amides is 1. The van der Waals surface area contributed by atoms with Crippen LogP contribution in [0.2, 0.25) is 0 Å². The second-order valence-electron chi connectivity index (χ2n) is 7.34. The number of benzene rings is 2. The molecule has 0 fully saturated rings. The smallest absolute Gasteiger partial charge is 0.416 e. The molecule has 1 amide bonds. The molecule has 0 saturated heterocycles. The highest BCUT2D eigenvalue weighted by atomic mass is 19.4. The molecule has 180 valence electrons. The fraction of sp³-hybridized carbons (Fsp3) is 0.391. The molecule has 1 atom stereocenters. The topological polar surface area (TPSA) is 94.1 Å². The maximum Gasteiger partial charge on any atom is 0.416 e. The van der Waals surface area contributed by atoms with Crippen molar-refractivity contribution < 1.29 is 42.1 Å². The quantitative estimate of drug-likeness (QED) is 0.502. The molecule has 33 heavy (non-hydrogen) atoms. The van der Waals surface area contributed by atoms with Crippen molar-refractivity contribution in [3.63, 3.8) is 0 Å². The van der Waals surface area contributed by atoms with E-state index in [9.17, 15) is 27.9 Å². The van der Waals surface area contributed by atoms with Crippen LogP contribution in [0, 0.1) is 0 Å². The van der Waals surface area contributed by atoms with E-state index >= 15 is 0 Å². The molecule has 2 N–H and O–H groups in total. The van der Waals surface area contributed by atoms with Crippen molar-refractivity contribution in [3.8, 4) is 11.5 Å². The van der Waals surface area contributed by atoms with Gasteiger partial charge in [0, 0.05) is 6.42 Å². The predicted octanol–water partition coefficient (Wildman–Crippen LogP) is 4.54. The first-order valence-corrected chi connectivity index (χ1v) is 10.2. The van der Waals surface area contributed by atoms with E-state index in [-0.39, 0.29) is 18.3 Å². The lowest BCUT2D eigenvalue weighted by atomic mass is 10.1. The Bertz CT molecular complexity index is 944. The first kappa shape index (κ1) is 26.0. The summed E-state index contributed by atoms with van der Waals surface area (Å²) in [6.45, 7) is 5.12. The van der Waals surface area contributed by atoms with Crippen LogP contribution in [0.5, 0.6) is 11.5 Å². The first-order valence-electron chi connectivity index (χ1n) is 10.2. The largest absolute Gasteiger partial charge is 0.492 e. The van der Waals surface area contributed by atoms with Crippen LogP contribution >= 0.6 is 0 Å². The zero-order chi connectivity index (χ0) is 24.6. The molecule has 0 aliphatic heterocycles. The number of ether oxygens (including phenoxy) is 3. The van der Waals surface area contributed by atoms with Crippen LogP contribution in [0.3, 0.4) is 0 Å². The fourth-order valence-corrected chi connectivity index (χ4v) is 2.89. The SMILES string of the molecule is CCOc1ccc(CC(OC(C)C)C(=O)O)cc1NC(=O)COc1ccc(C(F)(F)F)cc1. The van der Waals surface area contributed by atoms with Crippen molar-refractivity contribution in [1.29, 1.82) is 0 Å². The Kier molecular flexibility index (Phi) is 9.10. The van der Waals surface area contributed by atoms with Gasteiger partial charge in [0.2, 0.25) is 0 Å². The summed E-state index contributed by atoms with van der Waals surface area (Å²) in [4.78, 5) is 23.8. The molecule has 0 radical (unpaired) electrons. The monoisotopic (exact) mass is 469 g/mol. The Morgan fingerprint density at radius 2 is 1.73 bits per heavy atom. The van der Waals surface area contributed by atoms with Crippen molar-refractivity contribution in [1.82, 2.24) is 0 Å². The van der Waals surface area contributed by atoms with E-state index < -0.39 is 36.3 Å². The minimum atomic E-state index is -4.46. The van der Waals surface area contributed by atoms with E-state index in [0.717, 1.165) is 24.3 Å². The number of hydrogen-bond acceptors (Lipinski definition) is 5. The van der Waals surface area contributed by atoms with E-state index in [0.29, 0.717) is 23.6 Å². The van der Waals surface area contributed by atoms with Crippen molar-refractivity contribution in [2.24, 2.45) is 0 Å². The van der Waals surface area contributed by atoms with Gasteiger partial charge in [-0.2, -0.15) is 13.2 Å². The Hall–Kier alpha value is -3.27. The molecule has 0 aromatic heterocycles. The maximum atomic E-state index is 12.6. The number of rotatable bonds is 11. The van der Waals surface area contributed by atoms with Gasteiger partial charge in [-0.3, -0.25) is 4.79 Å². The average molecular weight is 469 g/mol. The van der Waals surface area contributed by atoms with Gasteiger partial charge in [0.05, 0.1) is 24.0 Å². The summed E-state index contributed by atoms with van der Waals surface area (Å²) in [6.07, 6.45) is -5.73. The van der Waals surface area contributed by atoms with Gasteiger partial charge in [-0.05, 0) is 62.7 Å². The van der Waals surface area contributed by atoms with Crippen LogP contribution in [-0.4, -0.2) is 42.4 Å². The lowest BCUT2D eigenvalue weighted by molar-refractivity contribution is -0.153. The summed E-state index contributed by atoms with van der Waals surface area (Å²) in [5, 5.41) is 12.0. The summed E-state index contributed by atoms with van der Waals surface area (Å²) < 4.78 is 54.1. The molecule has 0 bridgehead atoms. The van der Waals surface area contributed by atoms with Gasteiger partial charge >= 0.3 is 12.1 Å². The molecule has 0 saturated carbocycles. The van der Waals surface area contributed by atoms with E-state index in [1.807, 2.05) is 0 Å². The zero-order valence-electron chi connectivity index (χ0n) is 18.4. The molecule has 2 rings (SSSR count). The molecular formula is C23H26F3NO6. The van der Waals surface area contributed by atoms with Gasteiger partial charge in [0.1, 0.15) is 11.5 Å². The third-order valence-corrected chi connectivity index (χ3v) is 4.30. The van der Waals surface area contributed by atoms with E-state index in [2.05, 4.69) is 5.32 Å². The lowest BCUT2D eigenvalue weighted by Gasteiger charge is -2.18. The van der Waals surface area contributed by atoms with Gasteiger partial charge in [-0.25, -0.2) is 4.79 Å². The molecule has 0 spiro atoms. The van der Waals surface area contributed by atoms with Crippen LogP contribution < -0.4 is 14.8 Å². The Morgan fingerprint density at radius 1 is 1.06 bits per heavy atom. The minimum absolute atomic E-state index is 0.0742. The fourth-order valence-electron chi connectivity index (χ4n) is 2.89. The summed E-state index contributed by atoms with van der Waals surface area (Å²) in [6, 6.07) is 8.86. The second kappa shape index (κ2) is 11.6. The van der Waals surface area contributed by atoms with Gasteiger partial charge in [-0.15, -0.1) is 0 Å². The predicted molar refractivity (Wildman–Crippen MR) is 115 cm³/mol. The molecule has 0 aliphatic rings. The number of carboxylic acids is 1. The number of carboxylic acid groups (broad SMARTS) is 1. The second-order valence-corrected chi connectivity index (χ2v) is 7.34. The van der Waals surface area contributed by atoms with Gasteiger partial charge in [0.15, 0.2) is 12.7 Å². The third-order valence-electron chi connectivity index (χ3n) is 4.30. The van der Waals surface area contributed by atoms with Crippen molar-refractivity contribution in [3.05, 3.63) is 53.6 Å². The van der Waals surface area contributed by atoms with Gasteiger partial charge < -0.3 is 24.6 Å². The molecule has 7 nitrogen and oxygen atoms in total. The van der Waals surface area contributed by atoms with E-state index in [1.165, 1.54) is 0 Å². The highest BCUT2D eigenvalue weighted by molar-refractivity contribution is 5.93. The molecule has 10 heteroatoms. The highest BCUT2D eigenvalue weighted by Crippen LogP contribution is 2.30. The van der Waals surface area contributed by atoms with Crippen LogP contribution in [-0.2, 0) is 26.9 Å². The summed E-state index contributed by atoms with van der Waals surface area (Å²) >= 11 is 0. The average Bonchev–Trinajstić information content (AvgIpc) is 2.73. The van der Waals surface area contributed by atoms with Gasteiger partial charge in [0.25, 0.3) is 5.91 Å². The number of halogens is 3. The summed E-state index contributed by atoms with van der Waals surface area (Å²) in [5.41, 5.74) is 0.0908. The number of carbonyl (C=O) groups is 2. The Balaban J connectivity index is 2.08. The standard InChI is InChI=1S/C23H26F3NO6/c1-4-31-19-10-5-15(12-20(22(29)30)33-14(2)3)11-18(19)27-21(28)13-32-17-8-6-16(7-9-17)23(24,25)26/h5-11,14,20H,4,12-13H2,1-3H3,(H,27,28)(H,29,30). The summed E-state index contributed by atoms with van der Waals surface area (Å²) in [5.74, 6) is -1.19. The number of alkyl halides is 3. The lowest BCUT2D eigenvalue weighted by Crippen LogP contribution is -2.29. The highest BCUT2D eigenvalue weighted by Gasteiger charge is 2.30. The third kappa shape index (κ3) is 8.30. The van der Waals surface area contributed by atoms with Crippen LogP contribution in [0.4, 0.5) is 18.9 Å². The molecule has 2 aromatic carbocycles. The number of nitrogens with one attached hydrogen (secondary N) is 1. The number of anilines is 1. The molecular weight excluding hydrogens is 443 g/mol. The number of hydrogen-bond donors (Lipinski definition) is 2. The van der Waals surface area contributed by atoms with Crippen LogP contribution in [0.15, 0.2) is 42.5 Å². The van der Waals surface area contributed by atoms with E-state index in [1.54, 1.807) is 39.0 Å². The van der Waals surface area contributed by atoms with Gasteiger partial charge in [-0.1, -0.05) is 6.07 Å².